The van der Waals surface area contributed by atoms with Crippen molar-refractivity contribution in [2.45, 2.75) is 64.5 Å². The number of aryl methyl sites for hydroxylation is 1. The predicted molar refractivity (Wildman–Crippen MR) is 105 cm³/mol. The fourth-order valence-electron chi connectivity index (χ4n) is 4.28. The van der Waals surface area contributed by atoms with E-state index in [1.54, 1.807) is 11.3 Å². The average Bonchev–Trinajstić information content (AvgIpc) is 2.94. The van der Waals surface area contributed by atoms with E-state index in [0.717, 1.165) is 75.3 Å². The van der Waals surface area contributed by atoms with Crippen LogP contribution in [0.5, 0.6) is 0 Å². The molecule has 0 radical (unpaired) electrons. The quantitative estimate of drug-likeness (QED) is 0.615. The maximum absolute atomic E-state index is 12.8. The molecule has 0 spiro atoms. The van der Waals surface area contributed by atoms with Crippen molar-refractivity contribution in [1.82, 2.24) is 15.2 Å². The van der Waals surface area contributed by atoms with Crippen molar-refractivity contribution < 1.29 is 14.3 Å². The van der Waals surface area contributed by atoms with E-state index >= 15 is 0 Å². The third kappa shape index (κ3) is 5.51. The predicted octanol–water partition coefficient (Wildman–Crippen LogP) is 2.90. The maximum atomic E-state index is 12.8. The highest BCUT2D eigenvalue weighted by Crippen LogP contribution is 2.26. The van der Waals surface area contributed by atoms with Crippen LogP contribution in [0.1, 0.15) is 55.6 Å². The van der Waals surface area contributed by atoms with Crippen molar-refractivity contribution in [3.8, 4) is 0 Å². The number of methoxy groups -OCH3 is 1. The number of nitrogens with one attached hydrogen (secondary N) is 1. The lowest BCUT2D eigenvalue weighted by Gasteiger charge is -2.32. The maximum Gasteiger partial charge on any atom is 0.310 e. The van der Waals surface area contributed by atoms with Crippen molar-refractivity contribution in [2.75, 3.05) is 20.2 Å². The number of nitrogens with zero attached hydrogens (tertiary/aromatic N) is 2. The van der Waals surface area contributed by atoms with E-state index in [0.29, 0.717) is 0 Å². The molecule has 27 heavy (non-hydrogen) atoms. The van der Waals surface area contributed by atoms with E-state index in [2.05, 4.69) is 20.6 Å². The number of hydrogen-bond acceptors (Lipinski definition) is 6. The molecule has 1 saturated heterocycles. The number of carbonyl (C=O) groups excluding carboxylic acids is 2. The van der Waals surface area contributed by atoms with Gasteiger partial charge in [0.1, 0.15) is 0 Å². The Balaban J connectivity index is 1.50. The minimum Gasteiger partial charge on any atom is -0.469 e. The van der Waals surface area contributed by atoms with E-state index in [9.17, 15) is 9.59 Å². The molecule has 1 aromatic heterocycles. The van der Waals surface area contributed by atoms with Gasteiger partial charge in [0, 0.05) is 23.9 Å². The Morgan fingerprint density at radius 2 is 1.96 bits per heavy atom. The van der Waals surface area contributed by atoms with Crippen LogP contribution in [-0.4, -0.2) is 48.0 Å². The zero-order chi connectivity index (χ0) is 19.2. The molecule has 2 heterocycles. The highest BCUT2D eigenvalue weighted by atomic mass is 32.1. The van der Waals surface area contributed by atoms with Gasteiger partial charge in [0.25, 0.3) is 0 Å². The molecule has 1 aromatic rings. The van der Waals surface area contributed by atoms with Gasteiger partial charge in [-0.15, -0.1) is 11.3 Å². The van der Waals surface area contributed by atoms with E-state index in [4.69, 9.17) is 4.74 Å². The van der Waals surface area contributed by atoms with Crippen molar-refractivity contribution >= 4 is 23.2 Å². The fourth-order valence-corrected chi connectivity index (χ4v) is 4.88. The van der Waals surface area contributed by atoms with Gasteiger partial charge in [0.15, 0.2) is 0 Å². The molecular formula is C20H31N3O3S. The first-order valence-electron chi connectivity index (χ1n) is 10.1. The van der Waals surface area contributed by atoms with Crippen molar-refractivity contribution in [3.63, 3.8) is 0 Å². The summed E-state index contributed by atoms with van der Waals surface area (Å²) >= 11 is 1.68. The molecule has 3 rings (SSSR count). The number of aromatic nitrogens is 1. The molecule has 2 fully saturated rings. The second-order valence-corrected chi connectivity index (χ2v) is 8.85. The smallest absolute Gasteiger partial charge is 0.310 e. The summed E-state index contributed by atoms with van der Waals surface area (Å²) in [7, 11) is 1.44. The van der Waals surface area contributed by atoms with Crippen LogP contribution in [0.3, 0.4) is 0 Å². The number of esters is 1. The summed E-state index contributed by atoms with van der Waals surface area (Å²) in [6.45, 7) is 4.73. The molecule has 1 amide bonds. The second-order valence-electron chi connectivity index (χ2n) is 7.79. The lowest BCUT2D eigenvalue weighted by molar-refractivity contribution is -0.147. The van der Waals surface area contributed by atoms with Crippen molar-refractivity contribution in [1.29, 1.82) is 0 Å². The van der Waals surface area contributed by atoms with Gasteiger partial charge in [-0.25, -0.2) is 4.98 Å². The Hall–Kier alpha value is -1.47. The SMILES string of the molecule is COC(=O)C1CCCCCC1NC(=O)C1CCN(Cc2csc(C)n2)CC1. The van der Waals surface area contributed by atoms with E-state index in [1.807, 2.05) is 6.92 Å². The number of hydrogen-bond donors (Lipinski definition) is 1. The summed E-state index contributed by atoms with van der Waals surface area (Å²) in [5, 5.41) is 6.41. The third-order valence-corrected chi connectivity index (χ3v) is 6.68. The molecular weight excluding hydrogens is 362 g/mol. The number of ether oxygens (including phenoxy) is 1. The molecule has 2 aliphatic rings. The number of amides is 1. The Bertz CT molecular complexity index is 640. The summed E-state index contributed by atoms with van der Waals surface area (Å²) < 4.78 is 4.97. The molecule has 6 nitrogen and oxygen atoms in total. The molecule has 1 aliphatic heterocycles. The minimum absolute atomic E-state index is 0.0416. The number of piperidine rings is 1. The van der Waals surface area contributed by atoms with Gasteiger partial charge in [-0.2, -0.15) is 0 Å². The first kappa shape index (κ1) is 20.3. The second kappa shape index (κ2) is 9.64. The summed E-state index contributed by atoms with van der Waals surface area (Å²) in [6, 6.07) is -0.0801. The molecule has 1 saturated carbocycles. The van der Waals surface area contributed by atoms with Gasteiger partial charge < -0.3 is 10.1 Å². The van der Waals surface area contributed by atoms with Gasteiger partial charge in [-0.1, -0.05) is 19.3 Å². The van der Waals surface area contributed by atoms with Gasteiger partial charge >= 0.3 is 5.97 Å². The monoisotopic (exact) mass is 393 g/mol. The topological polar surface area (TPSA) is 71.5 Å². The molecule has 7 heteroatoms. The Kier molecular flexibility index (Phi) is 7.24. The zero-order valence-electron chi connectivity index (χ0n) is 16.4. The first-order valence-corrected chi connectivity index (χ1v) is 11.0. The highest BCUT2D eigenvalue weighted by molar-refractivity contribution is 7.09. The number of likely N-dealkylation sites (tertiary alicyclic amines) is 1. The molecule has 0 aromatic carbocycles. The lowest BCUT2D eigenvalue weighted by Crippen LogP contribution is -2.47. The van der Waals surface area contributed by atoms with Gasteiger partial charge in [0.05, 0.1) is 23.7 Å². The van der Waals surface area contributed by atoms with Crippen molar-refractivity contribution in [2.24, 2.45) is 11.8 Å². The molecule has 1 N–H and O–H groups in total. The molecule has 2 unspecified atom stereocenters. The van der Waals surface area contributed by atoms with Crippen LogP contribution in [0.2, 0.25) is 0 Å². The van der Waals surface area contributed by atoms with Gasteiger partial charge in [-0.3, -0.25) is 14.5 Å². The molecule has 1 aliphatic carbocycles. The van der Waals surface area contributed by atoms with Crippen LogP contribution in [0, 0.1) is 18.8 Å². The van der Waals surface area contributed by atoms with Gasteiger partial charge in [-0.05, 0) is 45.7 Å². The average molecular weight is 394 g/mol. The Morgan fingerprint density at radius 1 is 1.22 bits per heavy atom. The standard InChI is InChI=1S/C20H31N3O3S/c1-14-21-16(13-27-14)12-23-10-8-15(9-11-23)19(24)22-18-7-5-3-4-6-17(18)20(25)26-2/h13,15,17-18H,3-12H2,1-2H3,(H,22,24). The summed E-state index contributed by atoms with van der Waals surface area (Å²) in [6.07, 6.45) is 6.62. The fraction of sp³-hybridized carbons (Fsp3) is 0.750. The lowest BCUT2D eigenvalue weighted by atomic mass is 9.91. The molecule has 2 atom stereocenters. The van der Waals surface area contributed by atoms with E-state index in [-0.39, 0.29) is 29.8 Å². The zero-order valence-corrected chi connectivity index (χ0v) is 17.2. The normalized spacial score (nSPS) is 25.0. The number of carbonyl (C=O) groups is 2. The van der Waals surface area contributed by atoms with Crippen LogP contribution < -0.4 is 5.32 Å². The molecule has 0 bridgehead atoms. The van der Waals surface area contributed by atoms with E-state index < -0.39 is 0 Å². The Labute approximate surface area is 165 Å². The van der Waals surface area contributed by atoms with Crippen LogP contribution >= 0.6 is 11.3 Å². The summed E-state index contributed by atoms with van der Waals surface area (Å²) in [5.74, 6) is -0.232. The summed E-state index contributed by atoms with van der Waals surface area (Å²) in [5.41, 5.74) is 1.12. The van der Waals surface area contributed by atoms with Crippen LogP contribution in [0.25, 0.3) is 0 Å². The third-order valence-electron chi connectivity index (χ3n) is 5.86. The van der Waals surface area contributed by atoms with Gasteiger partial charge in [0.2, 0.25) is 5.91 Å². The summed E-state index contributed by atoms with van der Waals surface area (Å²) in [4.78, 5) is 31.8. The highest BCUT2D eigenvalue weighted by Gasteiger charge is 2.34. The molecule has 150 valence electrons. The van der Waals surface area contributed by atoms with Crippen LogP contribution in [0.15, 0.2) is 5.38 Å². The first-order chi connectivity index (χ1) is 13.1. The van der Waals surface area contributed by atoms with Crippen molar-refractivity contribution in [3.05, 3.63) is 16.1 Å². The number of thiazole rings is 1. The van der Waals surface area contributed by atoms with Crippen LogP contribution in [-0.2, 0) is 20.9 Å². The largest absolute Gasteiger partial charge is 0.469 e. The minimum atomic E-state index is -0.200. The van der Waals surface area contributed by atoms with E-state index in [1.165, 1.54) is 7.11 Å². The van der Waals surface area contributed by atoms with Crippen LogP contribution in [0.4, 0.5) is 0 Å². The number of rotatable bonds is 5. The Morgan fingerprint density at radius 3 is 2.63 bits per heavy atom.